The van der Waals surface area contributed by atoms with Crippen molar-refractivity contribution in [1.82, 2.24) is 0 Å². The molecule has 1 heteroatoms. The summed E-state index contributed by atoms with van der Waals surface area (Å²) < 4.78 is 5.78. The Kier molecular flexibility index (Phi) is 2.31. The van der Waals surface area contributed by atoms with E-state index < -0.39 is 0 Å². The molecule has 0 saturated heterocycles. The molecule has 0 atom stereocenters. The topological polar surface area (TPSA) is 9.23 Å². The maximum atomic E-state index is 5.78. The summed E-state index contributed by atoms with van der Waals surface area (Å²) in [6.45, 7) is 0. The zero-order valence-electron chi connectivity index (χ0n) is 7.20. The zero-order valence-corrected chi connectivity index (χ0v) is 7.20. The molecule has 0 aromatic heterocycles. The summed E-state index contributed by atoms with van der Waals surface area (Å²) in [5.74, 6) is 1.02. The first kappa shape index (κ1) is 7.66. The van der Waals surface area contributed by atoms with Crippen LogP contribution in [-0.4, -0.2) is 6.10 Å². The first-order chi connectivity index (χ1) is 5.95. The molecule has 0 unspecified atom stereocenters. The first-order valence-corrected chi connectivity index (χ1v) is 4.67. The molecule has 64 valence electrons. The molecule has 0 amide bonds. The van der Waals surface area contributed by atoms with Crippen LogP contribution in [0.25, 0.3) is 0 Å². The Labute approximate surface area is 73.4 Å². The summed E-state index contributed by atoms with van der Waals surface area (Å²) >= 11 is 0. The minimum Gasteiger partial charge on any atom is -0.490 e. The number of ether oxygens (including phenoxy) is 1. The van der Waals surface area contributed by atoms with Gasteiger partial charge in [-0.25, -0.2) is 0 Å². The van der Waals surface area contributed by atoms with E-state index in [4.69, 9.17) is 4.74 Å². The molecule has 1 fully saturated rings. The van der Waals surface area contributed by atoms with E-state index in [9.17, 15) is 0 Å². The van der Waals surface area contributed by atoms with Crippen molar-refractivity contribution < 1.29 is 4.74 Å². The third-order valence-electron chi connectivity index (χ3n) is 2.35. The molecule has 1 saturated carbocycles. The summed E-state index contributed by atoms with van der Waals surface area (Å²) in [6, 6.07) is 10.1. The van der Waals surface area contributed by atoms with E-state index in [1.165, 1.54) is 25.7 Å². The molecule has 0 radical (unpaired) electrons. The summed E-state index contributed by atoms with van der Waals surface area (Å²) in [5.41, 5.74) is 0. The van der Waals surface area contributed by atoms with Crippen LogP contribution in [0.3, 0.4) is 0 Å². The molecule has 0 N–H and O–H groups in total. The lowest BCUT2D eigenvalue weighted by Gasteiger charge is -2.12. The predicted molar refractivity (Wildman–Crippen MR) is 49.3 cm³/mol. The van der Waals surface area contributed by atoms with Crippen LogP contribution >= 0.6 is 0 Å². The fraction of sp³-hybridized carbons (Fsp3) is 0.455. The molecule has 0 aliphatic heterocycles. The third kappa shape index (κ3) is 1.79. The number of hydrogen-bond donors (Lipinski definition) is 0. The smallest absolute Gasteiger partial charge is 0.119 e. The molecular formula is C11H14O. The van der Waals surface area contributed by atoms with Crippen LogP contribution in [0, 0.1) is 0 Å². The molecular weight excluding hydrogens is 148 g/mol. The van der Waals surface area contributed by atoms with Crippen molar-refractivity contribution >= 4 is 0 Å². The van der Waals surface area contributed by atoms with E-state index in [2.05, 4.69) is 0 Å². The van der Waals surface area contributed by atoms with Gasteiger partial charge in [0.1, 0.15) is 5.75 Å². The van der Waals surface area contributed by atoms with Crippen molar-refractivity contribution in [2.45, 2.75) is 31.8 Å². The minimum atomic E-state index is 0.479. The van der Waals surface area contributed by atoms with Crippen molar-refractivity contribution in [2.24, 2.45) is 0 Å². The van der Waals surface area contributed by atoms with Crippen LogP contribution in [-0.2, 0) is 0 Å². The van der Waals surface area contributed by atoms with Crippen LogP contribution in [0.2, 0.25) is 0 Å². The van der Waals surface area contributed by atoms with E-state index >= 15 is 0 Å². The Morgan fingerprint density at radius 1 is 1.00 bits per heavy atom. The Hall–Kier alpha value is -0.980. The van der Waals surface area contributed by atoms with Gasteiger partial charge < -0.3 is 4.74 Å². The van der Waals surface area contributed by atoms with Gasteiger partial charge in [-0.1, -0.05) is 18.2 Å². The molecule has 1 aliphatic rings. The summed E-state index contributed by atoms with van der Waals surface area (Å²) in [4.78, 5) is 0. The molecule has 1 aliphatic carbocycles. The molecule has 0 spiro atoms. The highest BCUT2D eigenvalue weighted by molar-refractivity contribution is 5.21. The van der Waals surface area contributed by atoms with Crippen molar-refractivity contribution in [2.75, 3.05) is 0 Å². The third-order valence-corrected chi connectivity index (χ3v) is 2.35. The summed E-state index contributed by atoms with van der Waals surface area (Å²) in [6.07, 6.45) is 5.60. The summed E-state index contributed by atoms with van der Waals surface area (Å²) in [5, 5.41) is 0. The van der Waals surface area contributed by atoms with Crippen LogP contribution in [0.15, 0.2) is 30.3 Å². The number of para-hydroxylation sites is 1. The molecule has 1 aromatic rings. The highest BCUT2D eigenvalue weighted by atomic mass is 16.5. The van der Waals surface area contributed by atoms with E-state index in [0.717, 1.165) is 5.75 Å². The van der Waals surface area contributed by atoms with E-state index in [1.807, 2.05) is 30.3 Å². The lowest BCUT2D eigenvalue weighted by Crippen LogP contribution is -2.10. The quantitative estimate of drug-likeness (QED) is 0.649. The van der Waals surface area contributed by atoms with Crippen molar-refractivity contribution in [3.05, 3.63) is 30.3 Å². The Balaban J connectivity index is 1.94. The zero-order chi connectivity index (χ0) is 8.23. The highest BCUT2D eigenvalue weighted by Crippen LogP contribution is 2.23. The van der Waals surface area contributed by atoms with Crippen LogP contribution in [0.1, 0.15) is 25.7 Å². The van der Waals surface area contributed by atoms with E-state index in [1.54, 1.807) is 0 Å². The van der Waals surface area contributed by atoms with Crippen molar-refractivity contribution in [1.29, 1.82) is 0 Å². The maximum Gasteiger partial charge on any atom is 0.119 e. The number of benzene rings is 1. The fourth-order valence-electron chi connectivity index (χ4n) is 1.70. The van der Waals surface area contributed by atoms with Crippen molar-refractivity contribution in [3.8, 4) is 5.75 Å². The lowest BCUT2D eigenvalue weighted by molar-refractivity contribution is 0.210. The largest absolute Gasteiger partial charge is 0.490 e. The Bertz CT molecular complexity index is 224. The normalized spacial score (nSPS) is 18.0. The highest BCUT2D eigenvalue weighted by Gasteiger charge is 2.15. The molecule has 1 nitrogen and oxygen atoms in total. The fourth-order valence-corrected chi connectivity index (χ4v) is 1.70. The minimum absolute atomic E-state index is 0.479. The molecule has 1 aromatic carbocycles. The maximum absolute atomic E-state index is 5.78. The van der Waals surface area contributed by atoms with Crippen LogP contribution in [0.4, 0.5) is 0 Å². The SMILES string of the molecule is c1ccc(OC2CCCC2)cc1. The Morgan fingerprint density at radius 2 is 1.67 bits per heavy atom. The second-order valence-electron chi connectivity index (χ2n) is 3.34. The molecule has 12 heavy (non-hydrogen) atoms. The second kappa shape index (κ2) is 3.61. The van der Waals surface area contributed by atoms with Gasteiger partial charge in [0, 0.05) is 0 Å². The van der Waals surface area contributed by atoms with Gasteiger partial charge in [0.15, 0.2) is 0 Å². The second-order valence-corrected chi connectivity index (χ2v) is 3.34. The summed E-state index contributed by atoms with van der Waals surface area (Å²) in [7, 11) is 0. The van der Waals surface area contributed by atoms with Crippen LogP contribution in [0.5, 0.6) is 5.75 Å². The lowest BCUT2D eigenvalue weighted by atomic mass is 10.3. The van der Waals surface area contributed by atoms with Gasteiger partial charge in [-0.3, -0.25) is 0 Å². The van der Waals surface area contributed by atoms with Gasteiger partial charge in [-0.2, -0.15) is 0 Å². The van der Waals surface area contributed by atoms with Gasteiger partial charge in [-0.05, 0) is 37.8 Å². The van der Waals surface area contributed by atoms with Gasteiger partial charge in [0.2, 0.25) is 0 Å². The van der Waals surface area contributed by atoms with Crippen LogP contribution < -0.4 is 4.74 Å². The van der Waals surface area contributed by atoms with E-state index in [-0.39, 0.29) is 0 Å². The number of hydrogen-bond acceptors (Lipinski definition) is 1. The Morgan fingerprint density at radius 3 is 2.33 bits per heavy atom. The molecule has 2 rings (SSSR count). The van der Waals surface area contributed by atoms with Gasteiger partial charge in [-0.15, -0.1) is 0 Å². The predicted octanol–water partition coefficient (Wildman–Crippen LogP) is 3.01. The van der Waals surface area contributed by atoms with Gasteiger partial charge in [0.05, 0.1) is 6.10 Å². The van der Waals surface area contributed by atoms with E-state index in [0.29, 0.717) is 6.10 Å². The molecule has 0 heterocycles. The average molecular weight is 162 g/mol. The molecule has 0 bridgehead atoms. The average Bonchev–Trinajstić information content (AvgIpc) is 2.59. The first-order valence-electron chi connectivity index (χ1n) is 4.67. The van der Waals surface area contributed by atoms with Crippen molar-refractivity contribution in [3.63, 3.8) is 0 Å². The standard InChI is InChI=1S/C11H14O/c1-2-6-10(7-3-1)12-11-8-4-5-9-11/h1-3,6-7,11H,4-5,8-9H2. The number of rotatable bonds is 2. The monoisotopic (exact) mass is 162 g/mol. The van der Waals surface area contributed by atoms with Gasteiger partial charge >= 0.3 is 0 Å². The van der Waals surface area contributed by atoms with Gasteiger partial charge in [0.25, 0.3) is 0 Å².